The first-order chi connectivity index (χ1) is 12.1. The molecule has 2 aromatic carbocycles. The molecule has 4 heteroatoms. The SMILES string of the molecule is Cc1ccc(-c2[nH]c3ccc(Cl)c[n+]3c2Nc2ccccc2C)cc1. The van der Waals surface area contributed by atoms with Gasteiger partial charge < -0.3 is 0 Å². The van der Waals surface area contributed by atoms with Crippen molar-refractivity contribution in [1.82, 2.24) is 4.98 Å². The predicted molar refractivity (Wildman–Crippen MR) is 104 cm³/mol. The van der Waals surface area contributed by atoms with Crippen molar-refractivity contribution in [2.45, 2.75) is 13.8 Å². The van der Waals surface area contributed by atoms with Crippen LogP contribution in [0.3, 0.4) is 0 Å². The Kier molecular flexibility index (Phi) is 3.94. The highest BCUT2D eigenvalue weighted by Crippen LogP contribution is 2.29. The number of anilines is 2. The molecule has 4 rings (SSSR count). The van der Waals surface area contributed by atoms with E-state index in [0.717, 1.165) is 28.4 Å². The van der Waals surface area contributed by atoms with Crippen molar-refractivity contribution in [1.29, 1.82) is 0 Å². The Morgan fingerprint density at radius 3 is 2.44 bits per heavy atom. The van der Waals surface area contributed by atoms with Gasteiger partial charge in [0.25, 0.3) is 5.82 Å². The van der Waals surface area contributed by atoms with Crippen LogP contribution in [0.5, 0.6) is 0 Å². The molecule has 124 valence electrons. The van der Waals surface area contributed by atoms with Gasteiger partial charge in [-0.15, -0.1) is 0 Å². The van der Waals surface area contributed by atoms with Crippen molar-refractivity contribution >= 4 is 28.8 Å². The molecule has 0 fully saturated rings. The largest absolute Gasteiger partial charge is 0.271 e. The fourth-order valence-corrected chi connectivity index (χ4v) is 3.12. The highest BCUT2D eigenvalue weighted by Gasteiger charge is 2.21. The summed E-state index contributed by atoms with van der Waals surface area (Å²) in [6.07, 6.45) is 1.92. The molecule has 0 atom stereocenters. The van der Waals surface area contributed by atoms with Gasteiger partial charge in [-0.3, -0.25) is 10.3 Å². The van der Waals surface area contributed by atoms with E-state index in [1.54, 1.807) is 0 Å². The van der Waals surface area contributed by atoms with E-state index in [2.05, 4.69) is 64.9 Å². The molecule has 0 bridgehead atoms. The summed E-state index contributed by atoms with van der Waals surface area (Å²) in [4.78, 5) is 3.51. The van der Waals surface area contributed by atoms with E-state index in [1.165, 1.54) is 11.1 Å². The molecule has 2 heterocycles. The molecule has 0 aliphatic rings. The molecule has 2 N–H and O–H groups in total. The van der Waals surface area contributed by atoms with E-state index >= 15 is 0 Å². The Labute approximate surface area is 151 Å². The standard InChI is InChI=1S/C21H18ClN3/c1-14-7-9-16(10-8-14)20-21(23-18-6-4-3-5-15(18)2)25-13-17(22)11-12-19(25)24-20/h3-13,23H,1-2H3/p+1. The highest BCUT2D eigenvalue weighted by molar-refractivity contribution is 6.30. The molecule has 4 aromatic rings. The van der Waals surface area contributed by atoms with Crippen LogP contribution in [0.25, 0.3) is 16.9 Å². The summed E-state index contributed by atoms with van der Waals surface area (Å²) in [5.41, 5.74) is 6.64. The molecule has 0 unspecified atom stereocenters. The molecule has 0 saturated heterocycles. The smallest absolute Gasteiger partial charge is 0.270 e. The summed E-state index contributed by atoms with van der Waals surface area (Å²) in [6.45, 7) is 4.19. The average molecular weight is 349 g/mol. The number of rotatable bonds is 3. The zero-order valence-electron chi connectivity index (χ0n) is 14.2. The van der Waals surface area contributed by atoms with Crippen LogP contribution in [0.1, 0.15) is 11.1 Å². The number of nitrogens with zero attached hydrogens (tertiary/aromatic N) is 1. The number of aryl methyl sites for hydroxylation is 2. The van der Waals surface area contributed by atoms with E-state index in [0.29, 0.717) is 5.02 Å². The average Bonchev–Trinajstić information content (AvgIpc) is 2.95. The number of imidazole rings is 1. The molecule has 0 spiro atoms. The third-order valence-corrected chi connectivity index (χ3v) is 4.61. The van der Waals surface area contributed by atoms with Crippen LogP contribution in [-0.2, 0) is 0 Å². The van der Waals surface area contributed by atoms with Gasteiger partial charge in [-0.1, -0.05) is 59.6 Å². The van der Waals surface area contributed by atoms with Crippen LogP contribution in [0.2, 0.25) is 5.02 Å². The molecule has 0 saturated carbocycles. The van der Waals surface area contributed by atoms with Crippen LogP contribution in [-0.4, -0.2) is 4.98 Å². The van der Waals surface area contributed by atoms with Gasteiger partial charge in [0, 0.05) is 11.6 Å². The second kappa shape index (κ2) is 6.26. The van der Waals surface area contributed by atoms with E-state index < -0.39 is 0 Å². The van der Waals surface area contributed by atoms with Crippen LogP contribution >= 0.6 is 11.6 Å². The summed E-state index contributed by atoms with van der Waals surface area (Å²) in [7, 11) is 0. The lowest BCUT2D eigenvalue weighted by atomic mass is 10.1. The first kappa shape index (κ1) is 15.7. The predicted octanol–water partition coefficient (Wildman–Crippen LogP) is 5.43. The van der Waals surface area contributed by atoms with Gasteiger partial charge in [0.15, 0.2) is 5.69 Å². The fraction of sp³-hybridized carbons (Fsp3) is 0.0952. The maximum atomic E-state index is 6.24. The maximum absolute atomic E-state index is 6.24. The Balaban J connectivity index is 1.93. The summed E-state index contributed by atoms with van der Waals surface area (Å²) in [5.74, 6) is 0.968. The van der Waals surface area contributed by atoms with Crippen molar-refractivity contribution in [2.75, 3.05) is 5.32 Å². The third kappa shape index (κ3) is 2.99. The molecule has 0 aliphatic heterocycles. The van der Waals surface area contributed by atoms with Crippen molar-refractivity contribution in [2.24, 2.45) is 0 Å². The Bertz CT molecular complexity index is 1050. The monoisotopic (exact) mass is 348 g/mol. The number of aromatic amines is 1. The normalized spacial score (nSPS) is 11.0. The van der Waals surface area contributed by atoms with Gasteiger partial charge in [-0.25, -0.2) is 4.40 Å². The Morgan fingerprint density at radius 2 is 1.68 bits per heavy atom. The molecule has 0 radical (unpaired) electrons. The van der Waals surface area contributed by atoms with Gasteiger partial charge in [0.2, 0.25) is 5.65 Å². The lowest BCUT2D eigenvalue weighted by molar-refractivity contribution is -0.493. The molecule has 0 aliphatic carbocycles. The summed E-state index contributed by atoms with van der Waals surface area (Å²) >= 11 is 6.24. The van der Waals surface area contributed by atoms with E-state index in [9.17, 15) is 0 Å². The van der Waals surface area contributed by atoms with Crippen LogP contribution in [0, 0.1) is 13.8 Å². The number of nitrogens with one attached hydrogen (secondary N) is 2. The zero-order valence-corrected chi connectivity index (χ0v) is 14.9. The molecule has 0 amide bonds. The summed E-state index contributed by atoms with van der Waals surface area (Å²) < 4.78 is 2.06. The van der Waals surface area contributed by atoms with Gasteiger partial charge in [0.05, 0.1) is 16.9 Å². The number of pyridine rings is 1. The van der Waals surface area contributed by atoms with Gasteiger partial charge >= 0.3 is 0 Å². The Hall–Kier alpha value is -2.78. The summed E-state index contributed by atoms with van der Waals surface area (Å²) in [5, 5.41) is 4.27. The van der Waals surface area contributed by atoms with Crippen molar-refractivity contribution in [3.8, 4) is 11.3 Å². The molecule has 25 heavy (non-hydrogen) atoms. The molecular formula is C21H19ClN3+. The lowest BCUT2D eigenvalue weighted by Gasteiger charge is -2.06. The number of hydrogen-bond donors (Lipinski definition) is 2. The zero-order chi connectivity index (χ0) is 17.4. The van der Waals surface area contributed by atoms with E-state index in [-0.39, 0.29) is 0 Å². The minimum absolute atomic E-state index is 0.694. The van der Waals surface area contributed by atoms with E-state index in [4.69, 9.17) is 11.6 Å². The van der Waals surface area contributed by atoms with Crippen molar-refractivity contribution in [3.63, 3.8) is 0 Å². The maximum Gasteiger partial charge on any atom is 0.271 e. The molecule has 2 aromatic heterocycles. The third-order valence-electron chi connectivity index (χ3n) is 4.38. The lowest BCUT2D eigenvalue weighted by Crippen LogP contribution is -2.22. The minimum atomic E-state index is 0.694. The fourth-order valence-electron chi connectivity index (χ4n) is 2.96. The van der Waals surface area contributed by atoms with Gasteiger partial charge in [-0.05, 0) is 31.5 Å². The quantitative estimate of drug-likeness (QED) is 0.475. The van der Waals surface area contributed by atoms with Crippen molar-refractivity contribution in [3.05, 3.63) is 83.0 Å². The molecular weight excluding hydrogens is 330 g/mol. The number of fused-ring (bicyclic) bond motifs is 1. The molecule has 3 nitrogen and oxygen atoms in total. The first-order valence-electron chi connectivity index (χ1n) is 8.24. The summed E-state index contributed by atoms with van der Waals surface area (Å²) in [6, 6.07) is 20.6. The Morgan fingerprint density at radius 1 is 0.920 bits per heavy atom. The number of aromatic nitrogens is 2. The van der Waals surface area contributed by atoms with Gasteiger partial charge in [0.1, 0.15) is 0 Å². The second-order valence-corrected chi connectivity index (χ2v) is 6.69. The van der Waals surface area contributed by atoms with Crippen LogP contribution in [0.4, 0.5) is 11.5 Å². The number of para-hydroxylation sites is 1. The van der Waals surface area contributed by atoms with Gasteiger partial charge in [-0.2, -0.15) is 0 Å². The topological polar surface area (TPSA) is 31.9 Å². The van der Waals surface area contributed by atoms with Crippen molar-refractivity contribution < 1.29 is 4.40 Å². The second-order valence-electron chi connectivity index (χ2n) is 6.26. The number of H-pyrrole nitrogens is 1. The first-order valence-corrected chi connectivity index (χ1v) is 8.62. The number of benzene rings is 2. The van der Waals surface area contributed by atoms with Crippen LogP contribution in [0.15, 0.2) is 66.9 Å². The minimum Gasteiger partial charge on any atom is -0.270 e. The van der Waals surface area contributed by atoms with Crippen LogP contribution < -0.4 is 9.72 Å². The number of halogens is 1. The highest BCUT2D eigenvalue weighted by atomic mass is 35.5. The van der Waals surface area contributed by atoms with E-state index in [1.807, 2.05) is 30.5 Å². The number of hydrogen-bond acceptors (Lipinski definition) is 1.